The third-order valence-electron chi connectivity index (χ3n) is 12.8. The first kappa shape index (κ1) is 57.5. The van der Waals surface area contributed by atoms with Crippen molar-refractivity contribution in [3.05, 3.63) is 117 Å². The highest BCUT2D eigenvalue weighted by molar-refractivity contribution is 7.48. The average Bonchev–Trinajstić information content (AvgIpc) is 3.16. The first-order valence-electron chi connectivity index (χ1n) is 25.6. The molecule has 6 heteroatoms. The average molecular weight is 967 g/mol. The topological polar surface area (TPSA) is 36.9 Å². The maximum Gasteiger partial charge on any atom is 0.290 e. The largest absolute Gasteiger partial charge is 0.438 e. The van der Waals surface area contributed by atoms with Crippen LogP contribution in [0.2, 0.25) is 0 Å². The molecule has 0 atom stereocenters. The molecule has 0 unspecified atom stereocenters. The highest BCUT2D eigenvalue weighted by Crippen LogP contribution is 2.50. The van der Waals surface area contributed by atoms with Gasteiger partial charge in [-0.2, -0.15) is 0 Å². The van der Waals surface area contributed by atoms with E-state index in [1.165, 1.54) is 44.5 Å². The van der Waals surface area contributed by atoms with E-state index >= 15 is 0 Å². The molecule has 0 amide bonds. The number of unbranched alkanes of at least 4 members (excludes halogenated alkanes) is 3. The van der Waals surface area contributed by atoms with Crippen LogP contribution in [0.25, 0.3) is 0 Å². The van der Waals surface area contributed by atoms with Crippen molar-refractivity contribution in [3.63, 3.8) is 0 Å². The quantitative estimate of drug-likeness (QED) is 0.0879. The van der Waals surface area contributed by atoms with Crippen LogP contribution in [0.15, 0.2) is 72.8 Å². The van der Waals surface area contributed by atoms with Crippen LogP contribution in [0.3, 0.4) is 0 Å². The molecular weight excluding hydrogens is 871 g/mol. The van der Waals surface area contributed by atoms with Crippen LogP contribution in [0, 0.1) is 0 Å². The van der Waals surface area contributed by atoms with Crippen LogP contribution in [-0.4, -0.2) is 12.3 Å². The Morgan fingerprint density at radius 1 is 0.265 bits per heavy atom. The fourth-order valence-corrected chi connectivity index (χ4v) is 11.1. The minimum absolute atomic E-state index is 0.0319. The zero-order valence-corrected chi connectivity index (χ0v) is 49.5. The molecule has 378 valence electrons. The lowest BCUT2D eigenvalue weighted by atomic mass is 9.80. The molecule has 0 heterocycles. The van der Waals surface area contributed by atoms with Crippen molar-refractivity contribution < 1.29 is 18.1 Å². The van der Waals surface area contributed by atoms with Gasteiger partial charge in [-0.15, -0.1) is 0 Å². The molecule has 0 aromatic heterocycles. The Hall–Kier alpha value is -3.06. The zero-order chi connectivity index (χ0) is 51.6. The van der Waals surface area contributed by atoms with E-state index < -0.39 is 16.8 Å². The Bertz CT molecular complexity index is 1960. The molecule has 0 aliphatic heterocycles. The Labute approximate surface area is 420 Å². The van der Waals surface area contributed by atoms with Crippen LogP contribution in [-0.2, 0) is 43.3 Å². The van der Waals surface area contributed by atoms with Gasteiger partial charge in [0.05, 0.1) is 0 Å². The van der Waals surface area contributed by atoms with Gasteiger partial charge in [-0.3, -0.25) is 0 Å². The van der Waals surface area contributed by atoms with Gasteiger partial charge in [0, 0.05) is 34.6 Å². The lowest BCUT2D eigenvalue weighted by Gasteiger charge is -2.31. The van der Waals surface area contributed by atoms with Gasteiger partial charge in [0.25, 0.3) is 16.8 Å². The van der Waals surface area contributed by atoms with Crippen molar-refractivity contribution in [2.45, 2.75) is 235 Å². The molecule has 0 spiro atoms. The molecule has 0 radical (unpaired) electrons. The summed E-state index contributed by atoms with van der Waals surface area (Å²) in [4.78, 5) is 0. The first-order valence-corrected chi connectivity index (χ1v) is 28.4. The Balaban J connectivity index is 1.65. The number of hydrogen-bond acceptors (Lipinski definition) is 4. The molecule has 0 fully saturated rings. The first-order chi connectivity index (χ1) is 30.8. The fraction of sp³-hybridized carbons (Fsp3) is 0.613. The normalized spacial score (nSPS) is 13.6. The summed E-state index contributed by atoms with van der Waals surface area (Å²) < 4.78 is 28.5. The van der Waals surface area contributed by atoms with E-state index in [2.05, 4.69) is 239 Å². The van der Waals surface area contributed by atoms with Crippen LogP contribution >= 0.6 is 16.8 Å². The Morgan fingerprint density at radius 3 is 0.618 bits per heavy atom. The second kappa shape index (κ2) is 21.3. The van der Waals surface area contributed by atoms with E-state index in [1.807, 2.05) is 0 Å². The highest BCUT2D eigenvalue weighted by atomic mass is 31.2. The molecule has 0 aliphatic rings. The smallest absolute Gasteiger partial charge is 0.290 e. The molecular formula is C62H96O4P2. The summed E-state index contributed by atoms with van der Waals surface area (Å²) >= 11 is 0. The minimum Gasteiger partial charge on any atom is -0.438 e. The standard InChI is InChI=1S/C62H96O4P2/c1-55(2,3)43-29-33-51(47(39-43)59(13,14)15)63-67(64-52-34-30-44(56(4,5)6)40-48(52)60(16,17)18)37-27-25-26-28-38-68(65-53-35-31-45(57(7,8)9)41-49(53)61(19,20)21)66-54-36-32-46(58(10,11)12)42-50(54)62(22,23)24/h29-36,39-42H,25-28,37-38H2,1-24H3. The van der Waals surface area contributed by atoms with Crippen molar-refractivity contribution in [1.82, 2.24) is 0 Å². The lowest BCUT2D eigenvalue weighted by Crippen LogP contribution is -2.18. The summed E-state index contributed by atoms with van der Waals surface area (Å²) in [6.45, 7) is 54.8. The van der Waals surface area contributed by atoms with Crippen molar-refractivity contribution in [3.8, 4) is 23.0 Å². The highest BCUT2D eigenvalue weighted by Gasteiger charge is 2.31. The van der Waals surface area contributed by atoms with Gasteiger partial charge in [0.1, 0.15) is 23.0 Å². The molecule has 0 saturated heterocycles. The van der Waals surface area contributed by atoms with E-state index in [1.54, 1.807) is 0 Å². The van der Waals surface area contributed by atoms with Gasteiger partial charge >= 0.3 is 0 Å². The van der Waals surface area contributed by atoms with Gasteiger partial charge in [0.15, 0.2) is 0 Å². The molecule has 4 aromatic rings. The second-order valence-corrected chi connectivity index (χ2v) is 30.7. The van der Waals surface area contributed by atoms with Crippen LogP contribution in [0.4, 0.5) is 0 Å². The summed E-state index contributed by atoms with van der Waals surface area (Å²) in [5.74, 6) is 3.71. The molecule has 0 bridgehead atoms. The van der Waals surface area contributed by atoms with Gasteiger partial charge in [0.2, 0.25) is 0 Å². The summed E-state index contributed by atoms with van der Waals surface area (Å²) in [6.07, 6.45) is 5.75. The van der Waals surface area contributed by atoms with E-state index in [9.17, 15) is 0 Å². The van der Waals surface area contributed by atoms with E-state index in [0.717, 1.165) is 61.0 Å². The van der Waals surface area contributed by atoms with E-state index in [0.29, 0.717) is 0 Å². The maximum absolute atomic E-state index is 7.13. The molecule has 0 saturated carbocycles. The van der Waals surface area contributed by atoms with Crippen molar-refractivity contribution in [2.75, 3.05) is 12.3 Å². The number of hydrogen-bond donors (Lipinski definition) is 0. The SMILES string of the molecule is CC(C)(C)c1ccc(OP(CCCCCCP(Oc2ccc(C(C)(C)C)cc2C(C)(C)C)Oc2ccc(C(C)(C)C)cc2C(C)(C)C)Oc2ccc(C(C)(C)C)cc2C(C)(C)C)c(C(C)(C)C)c1. The zero-order valence-electron chi connectivity index (χ0n) is 47.7. The van der Waals surface area contributed by atoms with Gasteiger partial charge < -0.3 is 18.1 Å². The van der Waals surface area contributed by atoms with E-state index in [4.69, 9.17) is 18.1 Å². The molecule has 4 nitrogen and oxygen atoms in total. The second-order valence-electron chi connectivity index (χ2n) is 27.7. The molecule has 0 N–H and O–H groups in total. The van der Waals surface area contributed by atoms with Crippen molar-refractivity contribution >= 4 is 16.8 Å². The summed E-state index contributed by atoms with van der Waals surface area (Å²) in [7, 11) is -2.63. The maximum atomic E-state index is 7.13. The molecule has 4 rings (SSSR count). The molecule has 68 heavy (non-hydrogen) atoms. The minimum atomic E-state index is -1.31. The van der Waals surface area contributed by atoms with E-state index in [-0.39, 0.29) is 43.3 Å². The predicted octanol–water partition coefficient (Wildman–Crippen LogP) is 19.9. The van der Waals surface area contributed by atoms with Gasteiger partial charge in [-0.25, -0.2) is 0 Å². The lowest BCUT2D eigenvalue weighted by molar-refractivity contribution is 0.451. The van der Waals surface area contributed by atoms with Gasteiger partial charge in [-0.1, -0.05) is 228 Å². The van der Waals surface area contributed by atoms with Crippen LogP contribution < -0.4 is 18.1 Å². The van der Waals surface area contributed by atoms with Crippen molar-refractivity contribution in [2.24, 2.45) is 0 Å². The molecule has 0 aliphatic carbocycles. The van der Waals surface area contributed by atoms with Crippen LogP contribution in [0.5, 0.6) is 23.0 Å². The third kappa shape index (κ3) is 16.2. The van der Waals surface area contributed by atoms with Gasteiger partial charge in [-0.05, 0) is 103 Å². The summed E-state index contributed by atoms with van der Waals surface area (Å²) in [5, 5.41) is 0. The van der Waals surface area contributed by atoms with Crippen LogP contribution in [0.1, 0.15) is 236 Å². The fourth-order valence-electron chi connectivity index (χ4n) is 8.14. The number of benzene rings is 4. The Morgan fingerprint density at radius 2 is 0.456 bits per heavy atom. The summed E-state index contributed by atoms with van der Waals surface area (Å²) in [6, 6.07) is 27.2. The summed E-state index contributed by atoms with van der Waals surface area (Å²) in [5.41, 5.74) is 9.86. The van der Waals surface area contributed by atoms with Crippen molar-refractivity contribution in [1.29, 1.82) is 0 Å². The Kier molecular flexibility index (Phi) is 18.1. The third-order valence-corrected chi connectivity index (χ3v) is 15.8. The molecule has 4 aromatic carbocycles. The number of rotatable bonds is 15. The predicted molar refractivity (Wildman–Crippen MR) is 300 cm³/mol. The monoisotopic (exact) mass is 967 g/mol.